The molecular weight excluding hydrogens is 640 g/mol. The molecule has 12 nitrogen and oxygen atoms in total. The summed E-state index contributed by atoms with van der Waals surface area (Å²) in [4.78, 5) is 40.2. The fourth-order valence-corrected chi connectivity index (χ4v) is 6.76. The highest BCUT2D eigenvalue weighted by Crippen LogP contribution is 2.44. The van der Waals surface area contributed by atoms with Crippen molar-refractivity contribution in [3.63, 3.8) is 0 Å². The summed E-state index contributed by atoms with van der Waals surface area (Å²) >= 11 is 0. The van der Waals surface area contributed by atoms with E-state index in [-0.39, 0.29) is 26.3 Å². The second-order valence-corrected chi connectivity index (χ2v) is 11.7. The molecule has 2 unspecified atom stereocenters. The summed E-state index contributed by atoms with van der Waals surface area (Å²) in [5.74, 6) is 2.60. The van der Waals surface area contributed by atoms with Crippen molar-refractivity contribution in [2.45, 2.75) is 11.4 Å². The standard InChI is InChI=1S/C38H36N4O8/c1-45-29-13-5-25(6-14-29)33-37(27-9-17-31(47-3)18-10-27)41(35(43)39-33)21-24-50-38(28-11-19-32(48-4)20-12-28)34(26-7-15-30(46-2)16-8-26)40-36(44)42(38)22-23-49-37/h5-20H,21-24H2,1-4H3. The number of rotatable bonds is 8. The molecule has 4 aromatic rings. The summed E-state index contributed by atoms with van der Waals surface area (Å²) in [7, 11) is 6.35. The second-order valence-electron chi connectivity index (χ2n) is 11.7. The maximum atomic E-state index is 14.0. The SMILES string of the molecule is COc1ccc(C2=NC(=O)N3CCOC4(c5ccc(OC)cc5)C(c5ccc(OC)cc5)=NC(=O)N4CCOC23c2ccc(OC)cc2)cc1. The van der Waals surface area contributed by atoms with Crippen molar-refractivity contribution in [2.75, 3.05) is 54.7 Å². The monoisotopic (exact) mass is 676 g/mol. The lowest BCUT2D eigenvalue weighted by Crippen LogP contribution is -2.58. The number of hydrogen-bond acceptors (Lipinski definition) is 8. The highest BCUT2D eigenvalue weighted by molar-refractivity contribution is 6.17. The van der Waals surface area contributed by atoms with Gasteiger partial charge in [-0.15, -0.1) is 0 Å². The van der Waals surface area contributed by atoms with E-state index in [4.69, 9.17) is 28.4 Å². The largest absolute Gasteiger partial charge is 0.497 e. The number of carbonyl (C=O) groups excluding carboxylic acids is 2. The van der Waals surface area contributed by atoms with E-state index < -0.39 is 23.5 Å². The molecule has 0 aliphatic carbocycles. The fraction of sp³-hybridized carbons (Fsp3) is 0.263. The molecule has 4 aromatic carbocycles. The molecule has 1 saturated heterocycles. The lowest BCUT2D eigenvalue weighted by molar-refractivity contribution is -0.144. The van der Waals surface area contributed by atoms with Gasteiger partial charge in [-0.1, -0.05) is 24.3 Å². The average Bonchev–Trinajstić information content (AvgIpc) is 3.62. The van der Waals surface area contributed by atoms with Crippen LogP contribution in [0.15, 0.2) is 107 Å². The van der Waals surface area contributed by atoms with Crippen molar-refractivity contribution in [2.24, 2.45) is 9.98 Å². The molecule has 7 rings (SSSR count). The number of benzene rings is 4. The third-order valence-electron chi connectivity index (χ3n) is 9.22. The Morgan fingerprint density at radius 1 is 0.500 bits per heavy atom. The molecule has 3 heterocycles. The van der Waals surface area contributed by atoms with Gasteiger partial charge < -0.3 is 28.4 Å². The summed E-state index contributed by atoms with van der Waals surface area (Å²) < 4.78 is 35.4. The molecule has 50 heavy (non-hydrogen) atoms. The van der Waals surface area contributed by atoms with E-state index in [0.717, 1.165) is 0 Å². The minimum Gasteiger partial charge on any atom is -0.497 e. The first-order valence-electron chi connectivity index (χ1n) is 16.1. The van der Waals surface area contributed by atoms with Crippen molar-refractivity contribution >= 4 is 23.5 Å². The predicted molar refractivity (Wildman–Crippen MR) is 185 cm³/mol. The van der Waals surface area contributed by atoms with Crippen molar-refractivity contribution in [3.05, 3.63) is 119 Å². The van der Waals surface area contributed by atoms with Gasteiger partial charge in [-0.25, -0.2) is 9.59 Å². The number of amides is 4. The summed E-state index contributed by atoms with van der Waals surface area (Å²) in [6, 6.07) is 28.2. The van der Waals surface area contributed by atoms with Gasteiger partial charge in [0.25, 0.3) is 0 Å². The zero-order valence-electron chi connectivity index (χ0n) is 28.1. The number of urea groups is 2. The number of aliphatic imine (C=N–C) groups is 2. The number of fused-ring (bicyclic) bond motifs is 2. The molecule has 0 aromatic heterocycles. The van der Waals surface area contributed by atoms with Gasteiger partial charge in [0, 0.05) is 35.3 Å². The number of ether oxygens (including phenoxy) is 6. The molecule has 1 fully saturated rings. The van der Waals surface area contributed by atoms with E-state index in [1.54, 1.807) is 62.5 Å². The molecule has 0 spiro atoms. The Morgan fingerprint density at radius 3 is 1.10 bits per heavy atom. The smallest absolute Gasteiger partial charge is 0.346 e. The van der Waals surface area contributed by atoms with E-state index >= 15 is 0 Å². The Balaban J connectivity index is 1.34. The van der Waals surface area contributed by atoms with Gasteiger partial charge in [0.2, 0.25) is 11.4 Å². The topological polar surface area (TPSA) is 121 Å². The van der Waals surface area contributed by atoms with E-state index in [1.807, 2.05) is 72.8 Å². The molecule has 0 bridgehead atoms. The van der Waals surface area contributed by atoms with Crippen LogP contribution in [0.2, 0.25) is 0 Å². The molecule has 12 heteroatoms. The zero-order chi connectivity index (χ0) is 34.9. The lowest BCUT2D eigenvalue weighted by atomic mass is 9.90. The minimum absolute atomic E-state index is 0.0105. The first kappa shape index (κ1) is 32.8. The van der Waals surface area contributed by atoms with Crippen LogP contribution in [0, 0.1) is 0 Å². The first-order valence-corrected chi connectivity index (χ1v) is 16.1. The quantitative estimate of drug-likeness (QED) is 0.236. The highest BCUT2D eigenvalue weighted by atomic mass is 16.5. The molecule has 0 N–H and O–H groups in total. The first-order chi connectivity index (χ1) is 24.4. The number of methoxy groups -OCH3 is 4. The maximum Gasteiger partial charge on any atom is 0.346 e. The molecule has 3 aliphatic rings. The minimum atomic E-state index is -1.45. The molecular formula is C38H36N4O8. The van der Waals surface area contributed by atoms with Crippen molar-refractivity contribution in [3.8, 4) is 23.0 Å². The maximum absolute atomic E-state index is 14.0. The van der Waals surface area contributed by atoms with E-state index in [9.17, 15) is 9.59 Å². The van der Waals surface area contributed by atoms with Crippen LogP contribution in [0.3, 0.4) is 0 Å². The summed E-state index contributed by atoms with van der Waals surface area (Å²) in [6.07, 6.45) is 0. The van der Waals surface area contributed by atoms with Gasteiger partial charge in [-0.05, 0) is 72.8 Å². The molecule has 3 aliphatic heterocycles. The second kappa shape index (κ2) is 13.3. The number of hydrogen-bond donors (Lipinski definition) is 0. The third-order valence-corrected chi connectivity index (χ3v) is 9.22. The molecule has 2 atom stereocenters. The Morgan fingerprint density at radius 2 is 0.800 bits per heavy atom. The van der Waals surface area contributed by atoms with Gasteiger partial charge in [0.05, 0.1) is 41.7 Å². The lowest BCUT2D eigenvalue weighted by Gasteiger charge is -2.44. The van der Waals surface area contributed by atoms with E-state index in [1.165, 1.54) is 0 Å². The van der Waals surface area contributed by atoms with E-state index in [2.05, 4.69) is 9.98 Å². The van der Waals surface area contributed by atoms with Crippen LogP contribution < -0.4 is 18.9 Å². The van der Waals surface area contributed by atoms with Gasteiger partial charge in [-0.3, -0.25) is 9.80 Å². The van der Waals surface area contributed by atoms with Crippen molar-refractivity contribution < 1.29 is 38.0 Å². The summed E-state index contributed by atoms with van der Waals surface area (Å²) in [5.41, 5.74) is 0.553. The number of nitrogens with zero attached hydrogens (tertiary/aromatic N) is 4. The molecule has 0 saturated carbocycles. The molecule has 4 amide bonds. The van der Waals surface area contributed by atoms with Crippen LogP contribution in [-0.4, -0.2) is 88.0 Å². The van der Waals surface area contributed by atoms with Crippen LogP contribution in [0.25, 0.3) is 0 Å². The zero-order valence-corrected chi connectivity index (χ0v) is 28.1. The van der Waals surface area contributed by atoms with Crippen molar-refractivity contribution in [1.82, 2.24) is 9.80 Å². The number of carbonyl (C=O) groups is 2. The van der Waals surface area contributed by atoms with Crippen LogP contribution in [-0.2, 0) is 20.9 Å². The summed E-state index contributed by atoms with van der Waals surface area (Å²) in [6.45, 7) is 0.0977. The normalized spacial score (nSPS) is 21.9. The third kappa shape index (κ3) is 5.33. The highest BCUT2D eigenvalue weighted by Gasteiger charge is 2.56. The van der Waals surface area contributed by atoms with Gasteiger partial charge in [-0.2, -0.15) is 9.98 Å². The Bertz CT molecular complexity index is 1800. The Kier molecular flexibility index (Phi) is 8.72. The molecule has 0 radical (unpaired) electrons. The van der Waals surface area contributed by atoms with E-state index in [0.29, 0.717) is 56.7 Å². The average molecular weight is 677 g/mol. The Labute approximate surface area is 289 Å². The van der Waals surface area contributed by atoms with Crippen LogP contribution in [0.5, 0.6) is 23.0 Å². The van der Waals surface area contributed by atoms with Gasteiger partial charge >= 0.3 is 12.1 Å². The van der Waals surface area contributed by atoms with Crippen molar-refractivity contribution in [1.29, 1.82) is 0 Å². The van der Waals surface area contributed by atoms with Crippen LogP contribution in [0.4, 0.5) is 9.59 Å². The molecule has 256 valence electrons. The van der Waals surface area contributed by atoms with Gasteiger partial charge in [0.15, 0.2) is 0 Å². The predicted octanol–water partition coefficient (Wildman–Crippen LogP) is 5.62. The fourth-order valence-electron chi connectivity index (χ4n) is 6.76. The van der Waals surface area contributed by atoms with Gasteiger partial charge in [0.1, 0.15) is 34.4 Å². The van der Waals surface area contributed by atoms with Crippen LogP contribution in [0.1, 0.15) is 22.3 Å². The van der Waals surface area contributed by atoms with Crippen LogP contribution >= 0.6 is 0 Å². The summed E-state index contributed by atoms with van der Waals surface area (Å²) in [5, 5.41) is 0. The Hall–Kier alpha value is -5.72.